The van der Waals surface area contributed by atoms with E-state index in [1.165, 1.54) is 32.4 Å². The first-order valence-electron chi connectivity index (χ1n) is 8.79. The second-order valence-electron chi connectivity index (χ2n) is 6.06. The molecule has 29 heavy (non-hydrogen) atoms. The van der Waals surface area contributed by atoms with Crippen molar-refractivity contribution < 1.29 is 27.4 Å². The Morgan fingerprint density at radius 3 is 2.69 bits per heavy atom. The molecule has 0 radical (unpaired) electrons. The average Bonchev–Trinajstić information content (AvgIpc) is 2.75. The molecule has 8 nitrogen and oxygen atoms in total. The third kappa shape index (κ3) is 4.34. The van der Waals surface area contributed by atoms with Crippen LogP contribution >= 0.6 is 0 Å². The number of hydrogen-bond donors (Lipinski definition) is 1. The number of carbonyl (C=O) groups excluding carboxylic acids is 1. The number of nitrogens with one attached hydrogen (secondary N) is 1. The fourth-order valence-electron chi connectivity index (χ4n) is 2.91. The first-order chi connectivity index (χ1) is 14.0. The minimum Gasteiger partial charge on any atom is -0.495 e. The van der Waals surface area contributed by atoms with Crippen molar-refractivity contribution in [3.63, 3.8) is 0 Å². The molecule has 1 aromatic heterocycles. The van der Waals surface area contributed by atoms with Gasteiger partial charge in [0.05, 0.1) is 32.2 Å². The van der Waals surface area contributed by atoms with E-state index in [0.29, 0.717) is 31.2 Å². The number of ether oxygens (including phenoxy) is 2. The Bertz CT molecular complexity index is 878. The summed E-state index contributed by atoms with van der Waals surface area (Å²) in [7, 11) is 2.71. The summed E-state index contributed by atoms with van der Waals surface area (Å²) in [5.41, 5.74) is 0.229. The first kappa shape index (κ1) is 20.6. The van der Waals surface area contributed by atoms with Crippen molar-refractivity contribution in [3.05, 3.63) is 35.8 Å². The second kappa shape index (κ2) is 8.95. The van der Waals surface area contributed by atoms with Crippen molar-refractivity contribution in [2.75, 3.05) is 50.7 Å². The van der Waals surface area contributed by atoms with Crippen LogP contribution in [0.1, 0.15) is 10.4 Å². The van der Waals surface area contributed by atoms with Gasteiger partial charge >= 0.3 is 6.55 Å². The molecule has 0 aliphatic carbocycles. The Hall–Kier alpha value is -3.08. The van der Waals surface area contributed by atoms with E-state index < -0.39 is 18.3 Å². The standard InChI is InChI=1S/C18H20F3N5O3/c1-22-15-12(19)10-23-18(24-15)26(17(20)21)13-4-3-11(9-14(13)28-2)16(27)25-5-7-29-8-6-25/h3-4,9-10,17H,5-8H2,1-2H3,(H,22,23,24). The van der Waals surface area contributed by atoms with E-state index in [0.717, 1.165) is 6.20 Å². The van der Waals surface area contributed by atoms with Gasteiger partial charge in [-0.05, 0) is 18.2 Å². The lowest BCUT2D eigenvalue weighted by molar-refractivity contribution is 0.0302. The van der Waals surface area contributed by atoms with Gasteiger partial charge in [0.1, 0.15) is 5.75 Å². The van der Waals surface area contributed by atoms with Crippen LogP contribution in [-0.2, 0) is 4.74 Å². The maximum Gasteiger partial charge on any atom is 0.321 e. The number of carbonyl (C=O) groups is 1. The SMILES string of the molecule is CNc1nc(N(c2ccc(C(=O)N3CCOCC3)cc2OC)C(F)F)ncc1F. The van der Waals surface area contributed by atoms with Gasteiger partial charge in [-0.15, -0.1) is 0 Å². The van der Waals surface area contributed by atoms with Crippen LogP contribution in [0.4, 0.5) is 30.6 Å². The number of methoxy groups -OCH3 is 1. The van der Waals surface area contributed by atoms with Crippen molar-refractivity contribution >= 4 is 23.4 Å². The highest BCUT2D eigenvalue weighted by Crippen LogP contribution is 2.36. The molecule has 1 N–H and O–H groups in total. The number of benzene rings is 1. The molecule has 3 rings (SSSR count). The third-order valence-corrected chi connectivity index (χ3v) is 4.36. The number of alkyl halides is 2. The summed E-state index contributed by atoms with van der Waals surface area (Å²) in [4.78, 5) is 22.2. The fourth-order valence-corrected chi connectivity index (χ4v) is 2.91. The van der Waals surface area contributed by atoms with E-state index in [4.69, 9.17) is 9.47 Å². The normalized spacial score (nSPS) is 14.1. The van der Waals surface area contributed by atoms with Gasteiger partial charge in [0.2, 0.25) is 5.95 Å². The summed E-state index contributed by atoms with van der Waals surface area (Å²) < 4.78 is 51.8. The van der Waals surface area contributed by atoms with Gasteiger partial charge in [-0.25, -0.2) is 14.3 Å². The van der Waals surface area contributed by atoms with Crippen LogP contribution in [0.5, 0.6) is 5.75 Å². The summed E-state index contributed by atoms with van der Waals surface area (Å²) in [5, 5.41) is 2.48. The number of aromatic nitrogens is 2. The second-order valence-corrected chi connectivity index (χ2v) is 6.06. The number of amides is 1. The highest BCUT2D eigenvalue weighted by Gasteiger charge is 2.27. The highest BCUT2D eigenvalue weighted by molar-refractivity contribution is 5.95. The van der Waals surface area contributed by atoms with Gasteiger partial charge in [0.25, 0.3) is 5.91 Å². The van der Waals surface area contributed by atoms with Crippen LogP contribution in [0.3, 0.4) is 0 Å². The maximum absolute atomic E-state index is 13.9. The molecule has 0 bridgehead atoms. The summed E-state index contributed by atoms with van der Waals surface area (Å²) in [6.45, 7) is -1.27. The Balaban J connectivity index is 1.97. The van der Waals surface area contributed by atoms with Gasteiger partial charge < -0.3 is 19.7 Å². The molecule has 0 saturated carbocycles. The lowest BCUT2D eigenvalue weighted by atomic mass is 10.1. The Morgan fingerprint density at radius 2 is 2.07 bits per heavy atom. The summed E-state index contributed by atoms with van der Waals surface area (Å²) in [6.07, 6.45) is 0.798. The summed E-state index contributed by atoms with van der Waals surface area (Å²) >= 11 is 0. The number of hydrogen-bond acceptors (Lipinski definition) is 7. The molecule has 11 heteroatoms. The van der Waals surface area contributed by atoms with Gasteiger partial charge in [0, 0.05) is 25.7 Å². The predicted octanol–water partition coefficient (Wildman–Crippen LogP) is 2.50. The molecule has 1 amide bonds. The molecule has 0 spiro atoms. The topological polar surface area (TPSA) is 79.8 Å². The smallest absolute Gasteiger partial charge is 0.321 e. The van der Waals surface area contributed by atoms with Gasteiger partial charge in [-0.3, -0.25) is 4.79 Å². The molecule has 1 fully saturated rings. The van der Waals surface area contributed by atoms with Gasteiger partial charge in [0.15, 0.2) is 11.6 Å². The molecule has 0 unspecified atom stereocenters. The van der Waals surface area contributed by atoms with Crippen LogP contribution < -0.4 is 15.0 Å². The largest absolute Gasteiger partial charge is 0.495 e. The van der Waals surface area contributed by atoms with E-state index in [9.17, 15) is 18.0 Å². The molecule has 1 aliphatic rings. The van der Waals surface area contributed by atoms with E-state index in [-0.39, 0.29) is 28.7 Å². The quantitative estimate of drug-likeness (QED) is 0.732. The minimum atomic E-state index is -3.04. The predicted molar refractivity (Wildman–Crippen MR) is 99.4 cm³/mol. The summed E-state index contributed by atoms with van der Waals surface area (Å²) in [5.74, 6) is -1.64. The zero-order valence-corrected chi connectivity index (χ0v) is 15.9. The first-order valence-corrected chi connectivity index (χ1v) is 8.79. The van der Waals surface area contributed by atoms with Crippen LogP contribution in [0.2, 0.25) is 0 Å². The molecule has 2 aromatic rings. The molecule has 0 atom stereocenters. The average molecular weight is 411 g/mol. The van der Waals surface area contributed by atoms with Gasteiger partial charge in [-0.2, -0.15) is 13.8 Å². The zero-order valence-electron chi connectivity index (χ0n) is 15.9. The lowest BCUT2D eigenvalue weighted by Gasteiger charge is -2.28. The number of nitrogens with zero attached hydrogens (tertiary/aromatic N) is 4. The van der Waals surface area contributed by atoms with Gasteiger partial charge in [-0.1, -0.05) is 0 Å². The monoisotopic (exact) mass is 411 g/mol. The molecule has 1 aliphatic heterocycles. The Kier molecular flexibility index (Phi) is 6.37. The van der Waals surface area contributed by atoms with Crippen LogP contribution in [0.15, 0.2) is 24.4 Å². The molecular formula is C18H20F3N5O3. The van der Waals surface area contributed by atoms with Crippen molar-refractivity contribution in [3.8, 4) is 5.75 Å². The number of rotatable bonds is 6. The van der Waals surface area contributed by atoms with E-state index in [2.05, 4.69) is 15.3 Å². The molecule has 2 heterocycles. The molecular weight excluding hydrogens is 391 g/mol. The molecule has 156 valence electrons. The van der Waals surface area contributed by atoms with E-state index in [1.807, 2.05) is 0 Å². The molecule has 1 aromatic carbocycles. The highest BCUT2D eigenvalue weighted by atomic mass is 19.3. The number of halogens is 3. The van der Waals surface area contributed by atoms with Crippen molar-refractivity contribution in [2.24, 2.45) is 0 Å². The van der Waals surface area contributed by atoms with Crippen molar-refractivity contribution in [1.29, 1.82) is 0 Å². The minimum absolute atomic E-state index is 0.0309. The van der Waals surface area contributed by atoms with E-state index in [1.54, 1.807) is 4.90 Å². The third-order valence-electron chi connectivity index (χ3n) is 4.36. The van der Waals surface area contributed by atoms with E-state index >= 15 is 0 Å². The fraction of sp³-hybridized carbons (Fsp3) is 0.389. The maximum atomic E-state index is 13.9. The van der Waals surface area contributed by atoms with Crippen molar-refractivity contribution in [1.82, 2.24) is 14.9 Å². The lowest BCUT2D eigenvalue weighted by Crippen LogP contribution is -2.40. The van der Waals surface area contributed by atoms with Crippen LogP contribution in [0, 0.1) is 5.82 Å². The van der Waals surface area contributed by atoms with Crippen LogP contribution in [-0.4, -0.2) is 67.8 Å². The Labute approximate surface area is 165 Å². The van der Waals surface area contributed by atoms with Crippen molar-refractivity contribution in [2.45, 2.75) is 6.55 Å². The zero-order chi connectivity index (χ0) is 21.0. The Morgan fingerprint density at radius 1 is 1.34 bits per heavy atom. The summed E-state index contributed by atoms with van der Waals surface area (Å²) in [6, 6.07) is 4.13. The number of morpholine rings is 1. The van der Waals surface area contributed by atoms with Crippen LogP contribution in [0.25, 0.3) is 0 Å². The number of anilines is 3. The molecule has 1 saturated heterocycles.